The van der Waals surface area contributed by atoms with Crippen molar-refractivity contribution in [3.63, 3.8) is 0 Å². The molecule has 2 aromatic rings. The summed E-state index contributed by atoms with van der Waals surface area (Å²) in [5.41, 5.74) is 1.07. The molecule has 2 rings (SSSR count). The summed E-state index contributed by atoms with van der Waals surface area (Å²) in [7, 11) is 0. The molecule has 0 aliphatic rings. The molecule has 92 valence electrons. The first-order valence-electron chi connectivity index (χ1n) is 5.65. The summed E-state index contributed by atoms with van der Waals surface area (Å²) >= 11 is 0. The van der Waals surface area contributed by atoms with Gasteiger partial charge < -0.3 is 9.73 Å². The van der Waals surface area contributed by atoms with E-state index in [0.717, 1.165) is 11.3 Å². The minimum absolute atomic E-state index is 0.0359. The molecule has 0 saturated carbocycles. The van der Waals surface area contributed by atoms with E-state index >= 15 is 0 Å². The number of furan rings is 1. The minimum atomic E-state index is -0.392. The minimum Gasteiger partial charge on any atom is -0.468 e. The lowest BCUT2D eigenvalue weighted by Gasteiger charge is -2.11. The van der Waals surface area contributed by atoms with E-state index in [1.807, 2.05) is 25.1 Å². The van der Waals surface area contributed by atoms with E-state index in [1.165, 1.54) is 12.1 Å². The highest BCUT2D eigenvalue weighted by Crippen LogP contribution is 2.14. The summed E-state index contributed by atoms with van der Waals surface area (Å²) in [5, 5.41) is 12.0. The van der Waals surface area contributed by atoms with Crippen LogP contribution in [0.3, 0.4) is 0 Å². The Morgan fingerprint density at radius 3 is 2.94 bits per heavy atom. The van der Waals surface area contributed by atoms with Gasteiger partial charge in [-0.3, -0.25) is 0 Å². The first-order chi connectivity index (χ1) is 8.69. The SMILES string of the molecule is C[C@@H](NCc1cc(F)cc(C#N)c1)c1ccco1. The molecule has 18 heavy (non-hydrogen) atoms. The van der Waals surface area contributed by atoms with Crippen molar-refractivity contribution in [1.29, 1.82) is 5.26 Å². The zero-order chi connectivity index (χ0) is 13.0. The number of rotatable bonds is 4. The molecule has 1 aromatic heterocycles. The maximum atomic E-state index is 13.2. The van der Waals surface area contributed by atoms with Crippen LogP contribution in [0, 0.1) is 17.1 Å². The fourth-order valence-corrected chi connectivity index (χ4v) is 1.73. The number of nitriles is 1. The highest BCUT2D eigenvalue weighted by atomic mass is 19.1. The third-order valence-corrected chi connectivity index (χ3v) is 2.67. The Kier molecular flexibility index (Phi) is 3.75. The van der Waals surface area contributed by atoms with E-state index in [-0.39, 0.29) is 6.04 Å². The highest BCUT2D eigenvalue weighted by Gasteiger charge is 2.08. The fourth-order valence-electron chi connectivity index (χ4n) is 1.73. The molecule has 1 N–H and O–H groups in total. The molecule has 0 aliphatic carbocycles. The zero-order valence-electron chi connectivity index (χ0n) is 9.98. The van der Waals surface area contributed by atoms with Gasteiger partial charge in [-0.2, -0.15) is 5.26 Å². The van der Waals surface area contributed by atoms with Gasteiger partial charge in [-0.1, -0.05) is 0 Å². The zero-order valence-corrected chi connectivity index (χ0v) is 9.98. The van der Waals surface area contributed by atoms with Crippen molar-refractivity contribution in [2.45, 2.75) is 19.5 Å². The third-order valence-electron chi connectivity index (χ3n) is 2.67. The van der Waals surface area contributed by atoms with E-state index in [2.05, 4.69) is 5.32 Å². The normalized spacial score (nSPS) is 12.1. The topological polar surface area (TPSA) is 49.0 Å². The molecule has 0 radical (unpaired) electrons. The largest absolute Gasteiger partial charge is 0.468 e. The molecule has 4 heteroatoms. The molecule has 0 aliphatic heterocycles. The standard InChI is InChI=1S/C14H13FN2O/c1-10(14-3-2-4-18-14)17-9-12-5-11(8-16)6-13(15)7-12/h2-7,10,17H,9H2,1H3/t10-/m1/s1. The third kappa shape index (κ3) is 2.96. The molecule has 0 bridgehead atoms. The quantitative estimate of drug-likeness (QED) is 0.898. The molecule has 1 atom stereocenters. The van der Waals surface area contributed by atoms with Crippen molar-refractivity contribution < 1.29 is 8.81 Å². The molecular weight excluding hydrogens is 231 g/mol. The predicted octanol–water partition coefficient (Wildman–Crippen LogP) is 3.14. The maximum Gasteiger partial charge on any atom is 0.124 e. The molecule has 0 spiro atoms. The van der Waals surface area contributed by atoms with E-state index in [9.17, 15) is 4.39 Å². The average molecular weight is 244 g/mol. The Balaban J connectivity index is 2.02. The van der Waals surface area contributed by atoms with Crippen molar-refractivity contribution in [1.82, 2.24) is 5.32 Å². The highest BCUT2D eigenvalue weighted by molar-refractivity contribution is 5.33. The summed E-state index contributed by atoms with van der Waals surface area (Å²) < 4.78 is 18.5. The number of benzene rings is 1. The van der Waals surface area contributed by atoms with Crippen LogP contribution in [0.1, 0.15) is 29.9 Å². The van der Waals surface area contributed by atoms with Gasteiger partial charge >= 0.3 is 0 Å². The van der Waals surface area contributed by atoms with Gasteiger partial charge in [-0.25, -0.2) is 4.39 Å². The second-order valence-electron chi connectivity index (χ2n) is 4.08. The monoisotopic (exact) mass is 244 g/mol. The van der Waals surface area contributed by atoms with Crippen molar-refractivity contribution in [3.05, 3.63) is 59.3 Å². The molecule has 0 amide bonds. The number of hydrogen-bond acceptors (Lipinski definition) is 3. The lowest BCUT2D eigenvalue weighted by atomic mass is 10.1. The average Bonchev–Trinajstić information content (AvgIpc) is 2.89. The van der Waals surface area contributed by atoms with E-state index in [1.54, 1.807) is 12.3 Å². The van der Waals surface area contributed by atoms with Gasteiger partial charge in [0.05, 0.1) is 23.9 Å². The van der Waals surface area contributed by atoms with Crippen molar-refractivity contribution in [2.75, 3.05) is 0 Å². The van der Waals surface area contributed by atoms with Crippen LogP contribution in [0.4, 0.5) is 4.39 Å². The van der Waals surface area contributed by atoms with Crippen LogP contribution < -0.4 is 5.32 Å². The van der Waals surface area contributed by atoms with Crippen LogP contribution in [0.2, 0.25) is 0 Å². The molecule has 0 saturated heterocycles. The van der Waals surface area contributed by atoms with E-state index < -0.39 is 5.82 Å². The lowest BCUT2D eigenvalue weighted by Crippen LogP contribution is -2.17. The van der Waals surface area contributed by atoms with Crippen LogP contribution in [-0.2, 0) is 6.54 Å². The first kappa shape index (κ1) is 12.3. The van der Waals surface area contributed by atoms with Crippen LogP contribution in [0.25, 0.3) is 0 Å². The second kappa shape index (κ2) is 5.48. The van der Waals surface area contributed by atoms with Crippen molar-refractivity contribution in [2.24, 2.45) is 0 Å². The second-order valence-corrected chi connectivity index (χ2v) is 4.08. The first-order valence-corrected chi connectivity index (χ1v) is 5.65. The molecule has 0 fully saturated rings. The molecule has 3 nitrogen and oxygen atoms in total. The smallest absolute Gasteiger partial charge is 0.124 e. The van der Waals surface area contributed by atoms with Gasteiger partial charge in [0, 0.05) is 6.54 Å². The Morgan fingerprint density at radius 1 is 1.44 bits per heavy atom. The predicted molar refractivity (Wildman–Crippen MR) is 65.1 cm³/mol. The molecule has 1 aromatic carbocycles. The van der Waals surface area contributed by atoms with Gasteiger partial charge in [0.25, 0.3) is 0 Å². The Hall–Kier alpha value is -2.12. The summed E-state index contributed by atoms with van der Waals surface area (Å²) in [6.45, 7) is 2.44. The Morgan fingerprint density at radius 2 is 2.28 bits per heavy atom. The van der Waals surface area contributed by atoms with E-state index in [4.69, 9.17) is 9.68 Å². The summed E-state index contributed by atoms with van der Waals surface area (Å²) in [4.78, 5) is 0. The summed E-state index contributed by atoms with van der Waals surface area (Å²) in [6.07, 6.45) is 1.61. The van der Waals surface area contributed by atoms with Crippen LogP contribution in [0.15, 0.2) is 41.0 Å². The number of halogens is 1. The van der Waals surface area contributed by atoms with Crippen LogP contribution in [-0.4, -0.2) is 0 Å². The number of hydrogen-bond donors (Lipinski definition) is 1. The van der Waals surface area contributed by atoms with Gasteiger partial charge in [0.2, 0.25) is 0 Å². The van der Waals surface area contributed by atoms with Gasteiger partial charge in [-0.15, -0.1) is 0 Å². The number of nitrogens with zero attached hydrogens (tertiary/aromatic N) is 1. The van der Waals surface area contributed by atoms with Gasteiger partial charge in [0.1, 0.15) is 11.6 Å². The molecular formula is C14H13FN2O. The van der Waals surface area contributed by atoms with Crippen LogP contribution in [0.5, 0.6) is 0 Å². The summed E-state index contributed by atoms with van der Waals surface area (Å²) in [5.74, 6) is 0.434. The van der Waals surface area contributed by atoms with Crippen LogP contribution >= 0.6 is 0 Å². The maximum absolute atomic E-state index is 13.2. The van der Waals surface area contributed by atoms with Crippen molar-refractivity contribution >= 4 is 0 Å². The lowest BCUT2D eigenvalue weighted by molar-refractivity contribution is 0.430. The van der Waals surface area contributed by atoms with Gasteiger partial charge in [-0.05, 0) is 42.8 Å². The van der Waals surface area contributed by atoms with Gasteiger partial charge in [0.15, 0.2) is 0 Å². The summed E-state index contributed by atoms with van der Waals surface area (Å²) in [6, 6.07) is 9.99. The Bertz CT molecular complexity index is 558. The van der Waals surface area contributed by atoms with Crippen molar-refractivity contribution in [3.8, 4) is 6.07 Å². The Labute approximate surface area is 105 Å². The molecule has 1 heterocycles. The fraction of sp³-hybridized carbons (Fsp3) is 0.214. The van der Waals surface area contributed by atoms with E-state index in [0.29, 0.717) is 12.1 Å². The molecule has 0 unspecified atom stereocenters. The number of nitrogens with one attached hydrogen (secondary N) is 1.